The van der Waals surface area contributed by atoms with Crippen LogP contribution in [-0.2, 0) is 4.79 Å². The van der Waals surface area contributed by atoms with Crippen molar-refractivity contribution in [3.05, 3.63) is 35.4 Å². The first-order valence-electron chi connectivity index (χ1n) is 7.15. The van der Waals surface area contributed by atoms with Crippen LogP contribution in [-0.4, -0.2) is 22.9 Å². The third kappa shape index (κ3) is 6.72. The Morgan fingerprint density at radius 2 is 1.76 bits per heavy atom. The smallest absolute Gasteiger partial charge is 0.321 e. The lowest BCUT2D eigenvalue weighted by Crippen LogP contribution is -2.32. The van der Waals surface area contributed by atoms with Crippen LogP contribution >= 0.6 is 24.2 Å². The molecule has 0 spiro atoms. The van der Waals surface area contributed by atoms with E-state index in [4.69, 9.17) is 10.8 Å². The average molecular weight is 332 g/mol. The predicted molar refractivity (Wildman–Crippen MR) is 93.5 cm³/mol. The third-order valence-electron chi connectivity index (χ3n) is 3.32. The van der Waals surface area contributed by atoms with E-state index in [0.29, 0.717) is 16.9 Å². The van der Waals surface area contributed by atoms with Gasteiger partial charge in [-0.25, -0.2) is 0 Å². The van der Waals surface area contributed by atoms with E-state index in [1.54, 1.807) is 11.8 Å². The molecule has 1 unspecified atom stereocenters. The molecule has 0 amide bonds. The minimum Gasteiger partial charge on any atom is -0.480 e. The highest BCUT2D eigenvalue weighted by molar-refractivity contribution is 7.99. The monoisotopic (exact) mass is 331 g/mol. The van der Waals surface area contributed by atoms with Gasteiger partial charge in [-0.05, 0) is 23.5 Å². The van der Waals surface area contributed by atoms with Crippen molar-refractivity contribution in [2.45, 2.75) is 50.8 Å². The molecule has 3 N–H and O–H groups in total. The van der Waals surface area contributed by atoms with E-state index in [9.17, 15) is 4.79 Å². The van der Waals surface area contributed by atoms with Crippen LogP contribution in [0.4, 0.5) is 0 Å². The molecule has 0 saturated carbocycles. The van der Waals surface area contributed by atoms with Crippen molar-refractivity contribution >= 4 is 30.1 Å². The van der Waals surface area contributed by atoms with Gasteiger partial charge in [0, 0.05) is 11.0 Å². The largest absolute Gasteiger partial charge is 0.480 e. The first-order valence-corrected chi connectivity index (χ1v) is 8.20. The molecule has 21 heavy (non-hydrogen) atoms. The van der Waals surface area contributed by atoms with Gasteiger partial charge in [-0.3, -0.25) is 4.79 Å². The van der Waals surface area contributed by atoms with Crippen LogP contribution < -0.4 is 5.73 Å². The maximum Gasteiger partial charge on any atom is 0.321 e. The second kappa shape index (κ2) is 10.1. The summed E-state index contributed by atoms with van der Waals surface area (Å²) in [6, 6.07) is 7.87. The van der Waals surface area contributed by atoms with E-state index < -0.39 is 12.0 Å². The second-order valence-electron chi connectivity index (χ2n) is 5.38. The van der Waals surface area contributed by atoms with E-state index in [2.05, 4.69) is 45.0 Å². The van der Waals surface area contributed by atoms with Gasteiger partial charge in [0.2, 0.25) is 0 Å². The standard InChI is InChI=1S/C16H25NO2S.ClH/c1-4-5-15(20-10-14(17)16(18)19)13-8-6-12(7-9-13)11(2)3;/h6-9,11,14-15H,4-5,10,17H2,1-3H3,(H,18,19);1H/t14-,15?;/m0./s1. The van der Waals surface area contributed by atoms with Crippen LogP contribution in [0.15, 0.2) is 24.3 Å². The number of rotatable bonds is 8. The summed E-state index contributed by atoms with van der Waals surface area (Å²) < 4.78 is 0. The highest BCUT2D eigenvalue weighted by Gasteiger charge is 2.17. The van der Waals surface area contributed by atoms with Crippen molar-refractivity contribution in [2.75, 3.05) is 5.75 Å². The summed E-state index contributed by atoms with van der Waals surface area (Å²) in [5.41, 5.74) is 8.18. The van der Waals surface area contributed by atoms with Crippen molar-refractivity contribution in [3.63, 3.8) is 0 Å². The fourth-order valence-electron chi connectivity index (χ4n) is 2.00. The lowest BCUT2D eigenvalue weighted by molar-refractivity contribution is -0.137. The van der Waals surface area contributed by atoms with E-state index in [1.807, 2.05) is 0 Å². The molecule has 2 atom stereocenters. The molecule has 5 heteroatoms. The number of halogens is 1. The van der Waals surface area contributed by atoms with Crippen LogP contribution in [0, 0.1) is 0 Å². The normalized spacial score (nSPS) is 13.6. The summed E-state index contributed by atoms with van der Waals surface area (Å²) in [4.78, 5) is 10.8. The Hall–Kier alpha value is -0.710. The summed E-state index contributed by atoms with van der Waals surface area (Å²) in [5, 5.41) is 9.18. The number of carbonyl (C=O) groups is 1. The number of hydrogen-bond donors (Lipinski definition) is 2. The molecule has 0 fully saturated rings. The topological polar surface area (TPSA) is 63.3 Å². The Bertz CT molecular complexity index is 423. The highest BCUT2D eigenvalue weighted by Crippen LogP contribution is 2.34. The third-order valence-corrected chi connectivity index (χ3v) is 4.78. The van der Waals surface area contributed by atoms with Crippen LogP contribution in [0.2, 0.25) is 0 Å². The number of hydrogen-bond acceptors (Lipinski definition) is 3. The highest BCUT2D eigenvalue weighted by atomic mass is 35.5. The van der Waals surface area contributed by atoms with Crippen LogP contribution in [0.25, 0.3) is 0 Å². The van der Waals surface area contributed by atoms with Gasteiger partial charge in [0.15, 0.2) is 0 Å². The summed E-state index contributed by atoms with van der Waals surface area (Å²) in [6.07, 6.45) is 2.12. The second-order valence-corrected chi connectivity index (χ2v) is 6.61. The van der Waals surface area contributed by atoms with Gasteiger partial charge < -0.3 is 10.8 Å². The summed E-state index contributed by atoms with van der Waals surface area (Å²) >= 11 is 1.64. The fourth-order valence-corrected chi connectivity index (χ4v) is 3.33. The number of benzene rings is 1. The molecule has 1 aromatic rings. The molecule has 0 heterocycles. The molecular weight excluding hydrogens is 306 g/mol. The van der Waals surface area contributed by atoms with Crippen LogP contribution in [0.3, 0.4) is 0 Å². The zero-order chi connectivity index (χ0) is 15.1. The Kier molecular flexibility index (Phi) is 9.75. The summed E-state index contributed by atoms with van der Waals surface area (Å²) in [5.74, 6) is 0.0519. The molecule has 0 aromatic heterocycles. The average Bonchev–Trinajstić information content (AvgIpc) is 2.43. The van der Waals surface area contributed by atoms with E-state index in [-0.39, 0.29) is 12.4 Å². The van der Waals surface area contributed by atoms with Gasteiger partial charge in [0.25, 0.3) is 0 Å². The minimum absolute atomic E-state index is 0. The summed E-state index contributed by atoms with van der Waals surface area (Å²) in [7, 11) is 0. The molecule has 0 radical (unpaired) electrons. The maximum absolute atomic E-state index is 10.8. The quantitative estimate of drug-likeness (QED) is 0.748. The molecular formula is C16H26ClNO2S. The summed E-state index contributed by atoms with van der Waals surface area (Å²) in [6.45, 7) is 6.51. The zero-order valence-electron chi connectivity index (χ0n) is 12.9. The van der Waals surface area contributed by atoms with Gasteiger partial charge in [0.1, 0.15) is 6.04 Å². The van der Waals surface area contributed by atoms with E-state index in [1.165, 1.54) is 11.1 Å². The minimum atomic E-state index is -0.928. The number of carboxylic acids is 1. The Morgan fingerprint density at radius 1 is 1.24 bits per heavy atom. The lowest BCUT2D eigenvalue weighted by atomic mass is 10.00. The van der Waals surface area contributed by atoms with Crippen LogP contribution in [0.5, 0.6) is 0 Å². The molecule has 1 aromatic carbocycles. The van der Waals surface area contributed by atoms with Gasteiger partial charge in [0.05, 0.1) is 0 Å². The molecule has 0 aliphatic rings. The SMILES string of the molecule is CCCC(SC[C@H](N)C(=O)O)c1ccc(C(C)C)cc1.Cl. The Morgan fingerprint density at radius 3 is 2.19 bits per heavy atom. The number of thioether (sulfide) groups is 1. The van der Waals surface area contributed by atoms with Gasteiger partial charge >= 0.3 is 5.97 Å². The first kappa shape index (κ1) is 20.3. The van der Waals surface area contributed by atoms with Gasteiger partial charge in [-0.15, -0.1) is 12.4 Å². The molecule has 1 rings (SSSR count). The van der Waals surface area contributed by atoms with Gasteiger partial charge in [-0.2, -0.15) is 11.8 Å². The molecule has 0 saturated heterocycles. The molecule has 120 valence electrons. The molecule has 0 bridgehead atoms. The van der Waals surface area contributed by atoms with Crippen molar-refractivity contribution in [3.8, 4) is 0 Å². The van der Waals surface area contributed by atoms with E-state index in [0.717, 1.165) is 12.8 Å². The maximum atomic E-state index is 10.8. The number of aliphatic carboxylic acids is 1. The van der Waals surface area contributed by atoms with Crippen molar-refractivity contribution in [1.29, 1.82) is 0 Å². The van der Waals surface area contributed by atoms with Crippen molar-refractivity contribution in [1.82, 2.24) is 0 Å². The first-order chi connectivity index (χ1) is 9.45. The zero-order valence-corrected chi connectivity index (χ0v) is 14.5. The molecule has 0 aliphatic heterocycles. The molecule has 3 nitrogen and oxygen atoms in total. The van der Waals surface area contributed by atoms with Crippen molar-refractivity contribution < 1.29 is 9.90 Å². The number of carboxylic acid groups (broad SMARTS) is 1. The van der Waals surface area contributed by atoms with E-state index >= 15 is 0 Å². The Labute approximate surface area is 138 Å². The fraction of sp³-hybridized carbons (Fsp3) is 0.562. The molecule has 0 aliphatic carbocycles. The van der Waals surface area contributed by atoms with Crippen molar-refractivity contribution in [2.24, 2.45) is 5.73 Å². The Balaban J connectivity index is 0.00000400. The number of nitrogens with two attached hydrogens (primary N) is 1. The predicted octanol–water partition coefficient (Wildman–Crippen LogP) is 4.22. The van der Waals surface area contributed by atoms with Gasteiger partial charge in [-0.1, -0.05) is 51.5 Å². The van der Waals surface area contributed by atoms with Crippen LogP contribution in [0.1, 0.15) is 55.9 Å². The lowest BCUT2D eigenvalue weighted by Gasteiger charge is -2.18.